The zero-order valence-electron chi connectivity index (χ0n) is 16.4. The van der Waals surface area contributed by atoms with Gasteiger partial charge in [-0.05, 0) is 37.1 Å². The number of hydrogen-bond acceptors (Lipinski definition) is 5. The second kappa shape index (κ2) is 9.54. The van der Waals surface area contributed by atoms with Crippen LogP contribution in [0.15, 0.2) is 60.8 Å². The van der Waals surface area contributed by atoms with Crippen LogP contribution in [0, 0.1) is 6.92 Å². The molecule has 0 aliphatic heterocycles. The summed E-state index contributed by atoms with van der Waals surface area (Å²) in [7, 11) is 0. The van der Waals surface area contributed by atoms with Gasteiger partial charge >= 0.3 is 5.97 Å². The van der Waals surface area contributed by atoms with E-state index in [0.717, 1.165) is 16.8 Å². The lowest BCUT2D eigenvalue weighted by molar-refractivity contribution is -0.123. The van der Waals surface area contributed by atoms with Crippen LogP contribution in [0.5, 0.6) is 5.75 Å². The van der Waals surface area contributed by atoms with Crippen molar-refractivity contribution in [3.63, 3.8) is 0 Å². The predicted octanol–water partition coefficient (Wildman–Crippen LogP) is 3.05. The Labute approximate surface area is 169 Å². The Balaban J connectivity index is 1.68. The van der Waals surface area contributed by atoms with E-state index >= 15 is 0 Å². The fourth-order valence-electron chi connectivity index (χ4n) is 2.71. The highest BCUT2D eigenvalue weighted by Crippen LogP contribution is 2.21. The van der Waals surface area contributed by atoms with Gasteiger partial charge in [-0.3, -0.25) is 4.79 Å². The third kappa shape index (κ3) is 5.22. The molecule has 7 nitrogen and oxygen atoms in total. The number of aryl methyl sites for hydroxylation is 1. The summed E-state index contributed by atoms with van der Waals surface area (Å²) < 4.78 is 12.2. The number of carbonyl (C=O) groups excluding carboxylic acids is 2. The fourth-order valence-corrected chi connectivity index (χ4v) is 2.71. The van der Waals surface area contributed by atoms with Crippen molar-refractivity contribution in [3.05, 3.63) is 77.6 Å². The van der Waals surface area contributed by atoms with E-state index in [9.17, 15) is 9.59 Å². The van der Waals surface area contributed by atoms with Gasteiger partial charge in [-0.1, -0.05) is 42.5 Å². The first-order valence-corrected chi connectivity index (χ1v) is 9.34. The molecule has 0 saturated heterocycles. The van der Waals surface area contributed by atoms with E-state index in [-0.39, 0.29) is 30.6 Å². The Kier molecular flexibility index (Phi) is 6.63. The Hall–Kier alpha value is -3.61. The first-order chi connectivity index (χ1) is 14.1. The normalized spacial score (nSPS) is 10.4. The standard InChI is InChI=1S/C22H23N3O4/c1-3-28-22(27)21-19(14-25(24-21)18-11-5-4-6-12-18)29-15-20(26)23-13-17-10-8-7-9-16(17)2/h4-12,14H,3,13,15H2,1-2H3,(H,23,26). The number of esters is 1. The number of ether oxygens (including phenoxy) is 2. The molecule has 0 spiro atoms. The maximum absolute atomic E-state index is 12.2. The van der Waals surface area contributed by atoms with Crippen LogP contribution in [0.2, 0.25) is 0 Å². The van der Waals surface area contributed by atoms with Crippen LogP contribution in [-0.4, -0.2) is 34.9 Å². The van der Waals surface area contributed by atoms with Gasteiger partial charge in [0.25, 0.3) is 5.91 Å². The minimum absolute atomic E-state index is 0.0300. The second-order valence-electron chi connectivity index (χ2n) is 6.33. The summed E-state index contributed by atoms with van der Waals surface area (Å²) in [5.41, 5.74) is 2.92. The van der Waals surface area contributed by atoms with Gasteiger partial charge in [0.2, 0.25) is 5.69 Å². The molecule has 0 radical (unpaired) electrons. The molecule has 150 valence electrons. The number of rotatable bonds is 8. The second-order valence-corrected chi connectivity index (χ2v) is 6.33. The summed E-state index contributed by atoms with van der Waals surface area (Å²) in [6.07, 6.45) is 1.57. The number of hydrogen-bond donors (Lipinski definition) is 1. The monoisotopic (exact) mass is 393 g/mol. The smallest absolute Gasteiger partial charge is 0.362 e. The van der Waals surface area contributed by atoms with Crippen molar-refractivity contribution in [2.24, 2.45) is 0 Å². The number of aromatic nitrogens is 2. The maximum atomic E-state index is 12.2. The highest BCUT2D eigenvalue weighted by Gasteiger charge is 2.21. The van der Waals surface area contributed by atoms with Crippen LogP contribution in [0.4, 0.5) is 0 Å². The summed E-state index contributed by atoms with van der Waals surface area (Å²) >= 11 is 0. The Morgan fingerprint density at radius 2 is 1.79 bits per heavy atom. The average Bonchev–Trinajstić information content (AvgIpc) is 3.17. The molecule has 0 atom stereocenters. The van der Waals surface area contributed by atoms with Crippen LogP contribution in [0.25, 0.3) is 5.69 Å². The topological polar surface area (TPSA) is 82.4 Å². The van der Waals surface area contributed by atoms with Gasteiger partial charge in [0.1, 0.15) is 0 Å². The van der Waals surface area contributed by atoms with E-state index in [4.69, 9.17) is 9.47 Å². The molecule has 3 rings (SSSR count). The first-order valence-electron chi connectivity index (χ1n) is 9.34. The molecule has 3 aromatic rings. The van der Waals surface area contributed by atoms with E-state index in [1.54, 1.807) is 13.1 Å². The minimum atomic E-state index is -0.600. The summed E-state index contributed by atoms with van der Waals surface area (Å²) in [5.74, 6) is -0.702. The van der Waals surface area contributed by atoms with Crippen molar-refractivity contribution in [2.45, 2.75) is 20.4 Å². The van der Waals surface area contributed by atoms with E-state index in [2.05, 4.69) is 10.4 Å². The van der Waals surface area contributed by atoms with Crippen LogP contribution in [-0.2, 0) is 16.1 Å². The number of nitrogens with one attached hydrogen (secondary N) is 1. The molecule has 1 aromatic heterocycles. The summed E-state index contributed by atoms with van der Waals surface area (Å²) in [4.78, 5) is 24.4. The van der Waals surface area contributed by atoms with E-state index in [0.29, 0.717) is 6.54 Å². The number of para-hydroxylation sites is 1. The lowest BCUT2D eigenvalue weighted by atomic mass is 10.1. The highest BCUT2D eigenvalue weighted by molar-refractivity contribution is 5.90. The number of benzene rings is 2. The predicted molar refractivity (Wildman–Crippen MR) is 108 cm³/mol. The van der Waals surface area contributed by atoms with Crippen molar-refractivity contribution in [1.82, 2.24) is 15.1 Å². The van der Waals surface area contributed by atoms with Crippen molar-refractivity contribution >= 4 is 11.9 Å². The van der Waals surface area contributed by atoms with Crippen LogP contribution >= 0.6 is 0 Å². The van der Waals surface area contributed by atoms with Crippen molar-refractivity contribution in [2.75, 3.05) is 13.2 Å². The molecule has 1 amide bonds. The summed E-state index contributed by atoms with van der Waals surface area (Å²) in [6.45, 7) is 4.09. The first kappa shape index (κ1) is 20.1. The molecule has 0 aliphatic rings. The zero-order chi connectivity index (χ0) is 20.6. The van der Waals surface area contributed by atoms with E-state index in [1.807, 2.05) is 61.5 Å². The quantitative estimate of drug-likeness (QED) is 0.595. The molecule has 29 heavy (non-hydrogen) atoms. The van der Waals surface area contributed by atoms with Crippen LogP contribution in [0.3, 0.4) is 0 Å². The minimum Gasteiger partial charge on any atom is -0.480 e. The van der Waals surface area contributed by atoms with Gasteiger partial charge < -0.3 is 14.8 Å². The molecule has 0 fully saturated rings. The van der Waals surface area contributed by atoms with Crippen LogP contribution < -0.4 is 10.1 Å². The zero-order valence-corrected chi connectivity index (χ0v) is 16.4. The molecule has 0 saturated carbocycles. The molecule has 0 aliphatic carbocycles. The van der Waals surface area contributed by atoms with Crippen molar-refractivity contribution in [1.29, 1.82) is 0 Å². The van der Waals surface area contributed by atoms with E-state index in [1.165, 1.54) is 4.68 Å². The third-order valence-electron chi connectivity index (χ3n) is 4.27. The third-order valence-corrected chi connectivity index (χ3v) is 4.27. The number of carbonyl (C=O) groups is 2. The van der Waals surface area contributed by atoms with Crippen molar-refractivity contribution < 1.29 is 19.1 Å². The fraction of sp³-hybridized carbons (Fsp3) is 0.227. The molecule has 2 aromatic carbocycles. The molecular formula is C22H23N3O4. The van der Waals surface area contributed by atoms with Crippen molar-refractivity contribution in [3.8, 4) is 11.4 Å². The summed E-state index contributed by atoms with van der Waals surface area (Å²) in [6, 6.07) is 17.1. The molecule has 1 N–H and O–H groups in total. The van der Waals surface area contributed by atoms with Gasteiger partial charge in [0.05, 0.1) is 18.5 Å². The highest BCUT2D eigenvalue weighted by atomic mass is 16.5. The van der Waals surface area contributed by atoms with E-state index < -0.39 is 5.97 Å². The Bertz CT molecular complexity index is 983. The van der Waals surface area contributed by atoms with Gasteiger partial charge in [-0.2, -0.15) is 5.10 Å². The average molecular weight is 393 g/mol. The Morgan fingerprint density at radius 3 is 2.52 bits per heavy atom. The summed E-state index contributed by atoms with van der Waals surface area (Å²) in [5, 5.41) is 7.08. The lowest BCUT2D eigenvalue weighted by Gasteiger charge is -2.09. The molecule has 7 heteroatoms. The number of nitrogens with zero attached hydrogens (tertiary/aromatic N) is 2. The van der Waals surface area contributed by atoms with Gasteiger partial charge in [-0.25, -0.2) is 9.48 Å². The SMILES string of the molecule is CCOC(=O)c1nn(-c2ccccc2)cc1OCC(=O)NCc1ccccc1C. The lowest BCUT2D eigenvalue weighted by Crippen LogP contribution is -2.28. The van der Waals surface area contributed by atoms with Gasteiger partial charge in [-0.15, -0.1) is 0 Å². The molecule has 0 bridgehead atoms. The maximum Gasteiger partial charge on any atom is 0.362 e. The van der Waals surface area contributed by atoms with Gasteiger partial charge in [0.15, 0.2) is 12.4 Å². The van der Waals surface area contributed by atoms with Gasteiger partial charge in [0, 0.05) is 6.54 Å². The Morgan fingerprint density at radius 1 is 1.07 bits per heavy atom. The largest absolute Gasteiger partial charge is 0.480 e. The number of amides is 1. The van der Waals surface area contributed by atoms with Crippen LogP contribution in [0.1, 0.15) is 28.5 Å². The molecular weight excluding hydrogens is 370 g/mol. The molecule has 0 unspecified atom stereocenters. The molecule has 1 heterocycles.